The molecule has 1 aliphatic heterocycles. The lowest BCUT2D eigenvalue weighted by Crippen LogP contribution is -2.53. The van der Waals surface area contributed by atoms with E-state index in [1.54, 1.807) is 24.3 Å². The molecule has 4 N–H and O–H groups in total. The Labute approximate surface area is 225 Å². The number of nitrogens with zero attached hydrogens (tertiary/aromatic N) is 2. The van der Waals surface area contributed by atoms with Gasteiger partial charge < -0.3 is 20.9 Å². The average molecular weight is 541 g/mol. The van der Waals surface area contributed by atoms with Crippen LogP contribution in [0, 0.1) is 5.82 Å². The van der Waals surface area contributed by atoms with Gasteiger partial charge in [-0.05, 0) is 82.2 Å². The van der Waals surface area contributed by atoms with E-state index < -0.39 is 23.5 Å². The van der Waals surface area contributed by atoms with Crippen molar-refractivity contribution in [2.45, 2.75) is 38.6 Å². The van der Waals surface area contributed by atoms with Crippen LogP contribution < -0.4 is 16.0 Å². The fourth-order valence-corrected chi connectivity index (χ4v) is 4.59. The Morgan fingerprint density at radius 3 is 2.24 bits per heavy atom. The number of hydrogen-bond acceptors (Lipinski definition) is 5. The standard InChI is InChI=1S/C27H30ClFN6O3/c1-27(2,35-12-4-3-5-13-35)15-30-25(37)22-23(32-16-31-22)26(38)34-19-9-7-18(8-10-19)33-24(36)20-11-6-17(29)14-21(20)28/h6-11,14,16H,3-5,12-13,15H2,1-2H3,(H,30,37)(H,31,32)(H,33,36)(H,34,38). The number of carbonyl (C=O) groups excluding carboxylic acids is 3. The molecule has 3 amide bonds. The predicted molar refractivity (Wildman–Crippen MR) is 144 cm³/mol. The Kier molecular flexibility index (Phi) is 8.43. The van der Waals surface area contributed by atoms with Gasteiger partial charge in [0.25, 0.3) is 17.7 Å². The molecule has 1 saturated heterocycles. The first-order valence-electron chi connectivity index (χ1n) is 12.4. The first-order valence-corrected chi connectivity index (χ1v) is 12.8. The molecule has 2 aromatic carbocycles. The summed E-state index contributed by atoms with van der Waals surface area (Å²) in [6.45, 7) is 6.63. The summed E-state index contributed by atoms with van der Waals surface area (Å²) >= 11 is 5.95. The number of aromatic nitrogens is 2. The van der Waals surface area contributed by atoms with Crippen LogP contribution in [0.1, 0.15) is 64.4 Å². The van der Waals surface area contributed by atoms with Crippen LogP contribution >= 0.6 is 11.6 Å². The SMILES string of the molecule is CC(C)(CNC(=O)c1[nH]cnc1C(=O)Nc1ccc(NC(=O)c2ccc(F)cc2Cl)cc1)N1CCCCC1. The number of nitrogens with one attached hydrogen (secondary N) is 4. The predicted octanol–water partition coefficient (Wildman–Crippen LogP) is 4.70. The van der Waals surface area contributed by atoms with Crippen LogP contribution in [0.3, 0.4) is 0 Å². The lowest BCUT2D eigenvalue weighted by molar-refractivity contribution is 0.0792. The van der Waals surface area contributed by atoms with Crippen LogP contribution in [-0.4, -0.2) is 57.8 Å². The maximum atomic E-state index is 13.2. The van der Waals surface area contributed by atoms with Crippen LogP contribution in [0.15, 0.2) is 48.8 Å². The van der Waals surface area contributed by atoms with Crippen molar-refractivity contribution in [3.63, 3.8) is 0 Å². The highest BCUT2D eigenvalue weighted by molar-refractivity contribution is 6.34. The number of imidazole rings is 1. The molecule has 1 fully saturated rings. The van der Waals surface area contributed by atoms with Gasteiger partial charge in [-0.15, -0.1) is 0 Å². The number of likely N-dealkylation sites (tertiary alicyclic amines) is 1. The molecule has 2 heterocycles. The minimum atomic E-state index is -0.554. The van der Waals surface area contributed by atoms with E-state index in [0.29, 0.717) is 17.9 Å². The second-order valence-electron chi connectivity index (χ2n) is 9.78. The molecule has 11 heteroatoms. The lowest BCUT2D eigenvalue weighted by Gasteiger charge is -2.41. The molecule has 0 saturated carbocycles. The van der Waals surface area contributed by atoms with Crippen LogP contribution in [0.4, 0.5) is 15.8 Å². The van der Waals surface area contributed by atoms with E-state index in [4.69, 9.17) is 11.6 Å². The van der Waals surface area contributed by atoms with Crippen molar-refractivity contribution in [1.29, 1.82) is 0 Å². The van der Waals surface area contributed by atoms with Gasteiger partial charge in [-0.1, -0.05) is 18.0 Å². The average Bonchev–Trinajstić information content (AvgIpc) is 3.39. The van der Waals surface area contributed by atoms with Crippen molar-refractivity contribution in [3.8, 4) is 0 Å². The minimum absolute atomic E-state index is 0.000264. The summed E-state index contributed by atoms with van der Waals surface area (Å²) in [5.74, 6) is -2.00. The molecular formula is C27H30ClFN6O3. The molecule has 0 spiro atoms. The second kappa shape index (κ2) is 11.7. The Morgan fingerprint density at radius 1 is 0.974 bits per heavy atom. The number of piperidine rings is 1. The van der Waals surface area contributed by atoms with Gasteiger partial charge in [0.1, 0.15) is 11.5 Å². The van der Waals surface area contributed by atoms with Crippen LogP contribution in [0.2, 0.25) is 5.02 Å². The highest BCUT2D eigenvalue weighted by Gasteiger charge is 2.29. The van der Waals surface area contributed by atoms with Gasteiger partial charge in [0, 0.05) is 23.5 Å². The molecule has 0 bridgehead atoms. The summed E-state index contributed by atoms with van der Waals surface area (Å²) in [5.41, 5.74) is 0.864. The van der Waals surface area contributed by atoms with Gasteiger partial charge in [0.15, 0.2) is 5.69 Å². The van der Waals surface area contributed by atoms with Gasteiger partial charge in [0.2, 0.25) is 0 Å². The summed E-state index contributed by atoms with van der Waals surface area (Å²) < 4.78 is 13.2. The molecule has 3 aromatic rings. The number of halogens is 2. The zero-order chi connectivity index (χ0) is 27.3. The van der Waals surface area contributed by atoms with E-state index >= 15 is 0 Å². The molecule has 0 unspecified atom stereocenters. The molecule has 0 aliphatic carbocycles. The first kappa shape index (κ1) is 27.3. The zero-order valence-electron chi connectivity index (χ0n) is 21.2. The minimum Gasteiger partial charge on any atom is -0.349 e. The van der Waals surface area contributed by atoms with Gasteiger partial charge in [-0.3, -0.25) is 19.3 Å². The number of H-pyrrole nitrogens is 1. The fourth-order valence-electron chi connectivity index (χ4n) is 4.33. The number of anilines is 2. The lowest BCUT2D eigenvalue weighted by atomic mass is 9.98. The molecule has 1 aliphatic rings. The second-order valence-corrected chi connectivity index (χ2v) is 10.2. The Morgan fingerprint density at radius 2 is 1.61 bits per heavy atom. The van der Waals surface area contributed by atoms with Crippen LogP contribution in [-0.2, 0) is 0 Å². The maximum absolute atomic E-state index is 13.2. The highest BCUT2D eigenvalue weighted by atomic mass is 35.5. The van der Waals surface area contributed by atoms with Gasteiger partial charge in [-0.2, -0.15) is 0 Å². The number of carbonyl (C=O) groups is 3. The molecule has 200 valence electrons. The molecule has 0 radical (unpaired) electrons. The number of benzene rings is 2. The molecular weight excluding hydrogens is 511 g/mol. The van der Waals surface area contributed by atoms with Crippen molar-refractivity contribution in [3.05, 3.63) is 76.6 Å². The van der Waals surface area contributed by atoms with Crippen molar-refractivity contribution in [2.24, 2.45) is 0 Å². The number of rotatable bonds is 8. The third-order valence-electron chi connectivity index (χ3n) is 6.55. The van der Waals surface area contributed by atoms with E-state index in [1.807, 2.05) is 0 Å². The monoisotopic (exact) mass is 540 g/mol. The summed E-state index contributed by atoms with van der Waals surface area (Å²) in [4.78, 5) is 47.3. The maximum Gasteiger partial charge on any atom is 0.276 e. The molecule has 1 aromatic heterocycles. The van der Waals surface area contributed by atoms with Crippen LogP contribution in [0.25, 0.3) is 0 Å². The fraction of sp³-hybridized carbons (Fsp3) is 0.333. The Hall–Kier alpha value is -3.76. The third kappa shape index (κ3) is 6.56. The molecule has 38 heavy (non-hydrogen) atoms. The summed E-state index contributed by atoms with van der Waals surface area (Å²) in [7, 11) is 0. The van der Waals surface area contributed by atoms with Gasteiger partial charge in [-0.25, -0.2) is 9.37 Å². The van der Waals surface area contributed by atoms with E-state index in [2.05, 4.69) is 44.7 Å². The third-order valence-corrected chi connectivity index (χ3v) is 6.86. The smallest absolute Gasteiger partial charge is 0.276 e. The van der Waals surface area contributed by atoms with Crippen LogP contribution in [0.5, 0.6) is 0 Å². The van der Waals surface area contributed by atoms with E-state index in [0.717, 1.165) is 38.1 Å². The first-order chi connectivity index (χ1) is 18.1. The van der Waals surface area contributed by atoms with Crippen molar-refractivity contribution in [1.82, 2.24) is 20.2 Å². The number of aromatic amines is 1. The Bertz CT molecular complexity index is 1320. The normalized spacial score (nSPS) is 14.1. The van der Waals surface area contributed by atoms with Gasteiger partial charge >= 0.3 is 0 Å². The summed E-state index contributed by atoms with van der Waals surface area (Å²) in [5, 5.41) is 8.30. The number of hydrogen-bond donors (Lipinski definition) is 4. The molecule has 9 nitrogen and oxygen atoms in total. The highest BCUT2D eigenvalue weighted by Crippen LogP contribution is 2.22. The Balaban J connectivity index is 1.34. The topological polar surface area (TPSA) is 119 Å². The van der Waals surface area contributed by atoms with Crippen molar-refractivity contribution >= 4 is 40.7 Å². The van der Waals surface area contributed by atoms with E-state index in [9.17, 15) is 18.8 Å². The summed E-state index contributed by atoms with van der Waals surface area (Å²) in [6, 6.07) is 9.87. The van der Waals surface area contributed by atoms with Gasteiger partial charge in [0.05, 0.1) is 16.9 Å². The van der Waals surface area contributed by atoms with Crippen molar-refractivity contribution < 1.29 is 18.8 Å². The molecule has 4 rings (SSSR count). The van der Waals surface area contributed by atoms with E-state index in [-0.39, 0.29) is 27.5 Å². The quantitative estimate of drug-likeness (QED) is 0.330. The molecule has 0 atom stereocenters. The van der Waals surface area contributed by atoms with Crippen molar-refractivity contribution in [2.75, 3.05) is 30.3 Å². The zero-order valence-corrected chi connectivity index (χ0v) is 22.0. The largest absolute Gasteiger partial charge is 0.349 e. The number of amides is 3. The van der Waals surface area contributed by atoms with E-state index in [1.165, 1.54) is 18.8 Å². The summed E-state index contributed by atoms with van der Waals surface area (Å²) in [6.07, 6.45) is 4.84.